The second kappa shape index (κ2) is 11.0. The van der Waals surface area contributed by atoms with E-state index in [1.165, 1.54) is 29.2 Å². The van der Waals surface area contributed by atoms with Gasteiger partial charge in [-0.1, -0.05) is 6.58 Å². The number of hydrogen-bond donors (Lipinski definition) is 2. The highest BCUT2D eigenvalue weighted by Gasteiger charge is 2.51. The summed E-state index contributed by atoms with van der Waals surface area (Å²) in [5.41, 5.74) is 3.87. The van der Waals surface area contributed by atoms with Crippen molar-refractivity contribution in [3.8, 4) is 11.6 Å². The lowest BCUT2D eigenvalue weighted by molar-refractivity contribution is -0.111. The van der Waals surface area contributed by atoms with Gasteiger partial charge in [0.15, 0.2) is 0 Å². The van der Waals surface area contributed by atoms with E-state index in [0.29, 0.717) is 47.5 Å². The standard InChI is InChI=1S/C33H37FN8O3/c1-5-29(43)36-23-16-24(27(45-4)17-25(23)39-18-33(19-39)10-7-13-41(33)20(2)3)37-31-35-11-9-28(38-31)42-26-15-22(34)14-21-8-6-12-40(30(21)26)32(42)44/h5,9,11,14-17,20H,1,6-8,10,12-13,18-19H2,2-4H3,(H,36,43)(H,35,37,38). The van der Waals surface area contributed by atoms with E-state index in [1.54, 1.807) is 30.0 Å². The van der Waals surface area contributed by atoms with Gasteiger partial charge in [-0.3, -0.25) is 14.3 Å². The number of benzene rings is 2. The van der Waals surface area contributed by atoms with Crippen LogP contribution in [0, 0.1) is 5.82 Å². The fourth-order valence-corrected chi connectivity index (χ4v) is 7.46. The molecule has 2 aromatic heterocycles. The number of nitrogens with one attached hydrogen (secondary N) is 2. The number of anilines is 4. The predicted molar refractivity (Wildman–Crippen MR) is 173 cm³/mol. The quantitative estimate of drug-likeness (QED) is 0.278. The first-order valence-electron chi connectivity index (χ1n) is 15.4. The van der Waals surface area contributed by atoms with E-state index in [2.05, 4.69) is 50.8 Å². The van der Waals surface area contributed by atoms with Gasteiger partial charge in [-0.2, -0.15) is 4.98 Å². The van der Waals surface area contributed by atoms with Crippen LogP contribution in [0.2, 0.25) is 0 Å². The van der Waals surface area contributed by atoms with Crippen molar-refractivity contribution in [3.63, 3.8) is 0 Å². The van der Waals surface area contributed by atoms with E-state index in [0.717, 1.165) is 49.2 Å². The van der Waals surface area contributed by atoms with Crippen LogP contribution in [0.1, 0.15) is 38.7 Å². The third-order valence-corrected chi connectivity index (χ3v) is 9.36. The van der Waals surface area contributed by atoms with Crippen molar-refractivity contribution in [2.24, 2.45) is 0 Å². The van der Waals surface area contributed by atoms with Gasteiger partial charge in [-0.15, -0.1) is 0 Å². The molecule has 0 bridgehead atoms. The number of carbonyl (C=O) groups is 1. The minimum atomic E-state index is -0.394. The number of carbonyl (C=O) groups excluding carboxylic acids is 1. The van der Waals surface area contributed by atoms with E-state index >= 15 is 0 Å². The van der Waals surface area contributed by atoms with Crippen molar-refractivity contribution >= 4 is 40.0 Å². The van der Waals surface area contributed by atoms with Crippen LogP contribution < -0.4 is 26.0 Å². The van der Waals surface area contributed by atoms with Gasteiger partial charge in [-0.05, 0) is 69.8 Å². The van der Waals surface area contributed by atoms with Gasteiger partial charge in [0.1, 0.15) is 17.4 Å². The molecular weight excluding hydrogens is 575 g/mol. The van der Waals surface area contributed by atoms with Crippen molar-refractivity contribution in [2.75, 3.05) is 42.3 Å². The first-order valence-corrected chi connectivity index (χ1v) is 15.4. The van der Waals surface area contributed by atoms with Gasteiger partial charge >= 0.3 is 5.69 Å². The first-order chi connectivity index (χ1) is 21.7. The number of likely N-dealkylation sites (tertiary alicyclic amines) is 1. The van der Waals surface area contributed by atoms with E-state index in [1.807, 2.05) is 6.07 Å². The third kappa shape index (κ3) is 4.84. The maximum absolute atomic E-state index is 14.6. The molecule has 2 N–H and O–H groups in total. The number of rotatable bonds is 8. The molecule has 234 valence electrons. The molecule has 45 heavy (non-hydrogen) atoms. The lowest BCUT2D eigenvalue weighted by Gasteiger charge is -2.55. The van der Waals surface area contributed by atoms with Gasteiger partial charge in [0.25, 0.3) is 0 Å². The number of halogens is 1. The highest BCUT2D eigenvalue weighted by Crippen LogP contribution is 2.46. The largest absolute Gasteiger partial charge is 0.494 e. The Balaban J connectivity index is 1.24. The summed E-state index contributed by atoms with van der Waals surface area (Å²) in [6, 6.07) is 8.67. The van der Waals surface area contributed by atoms with Crippen LogP contribution in [0.4, 0.5) is 27.4 Å². The zero-order chi connectivity index (χ0) is 31.5. The highest BCUT2D eigenvalue weighted by molar-refractivity contribution is 6.02. The topological polar surface area (TPSA) is 110 Å². The van der Waals surface area contributed by atoms with Gasteiger partial charge < -0.3 is 20.3 Å². The molecule has 11 nitrogen and oxygen atoms in total. The Morgan fingerprint density at radius 2 is 1.98 bits per heavy atom. The molecule has 0 radical (unpaired) electrons. The fraction of sp³-hybridized carbons (Fsp3) is 0.394. The summed E-state index contributed by atoms with van der Waals surface area (Å²) in [5.74, 6) is 0.336. The summed E-state index contributed by atoms with van der Waals surface area (Å²) in [7, 11) is 1.58. The maximum atomic E-state index is 14.6. The molecule has 4 aromatic rings. The van der Waals surface area contributed by atoms with E-state index in [4.69, 9.17) is 4.74 Å². The molecule has 7 rings (SSSR count). The lowest BCUT2D eigenvalue weighted by Crippen LogP contribution is -2.69. The second-order valence-electron chi connectivity index (χ2n) is 12.4. The molecule has 3 aliphatic heterocycles. The molecule has 12 heteroatoms. The monoisotopic (exact) mass is 612 g/mol. The van der Waals surface area contributed by atoms with Crippen LogP contribution in [0.15, 0.2) is 54.0 Å². The Labute approximate surface area is 260 Å². The van der Waals surface area contributed by atoms with Gasteiger partial charge in [0, 0.05) is 50.1 Å². The van der Waals surface area contributed by atoms with Crippen LogP contribution in [0.25, 0.3) is 16.9 Å². The normalized spacial score (nSPS) is 17.1. The van der Waals surface area contributed by atoms with Gasteiger partial charge in [0.2, 0.25) is 11.9 Å². The second-order valence-corrected chi connectivity index (χ2v) is 12.4. The number of nitrogens with zero attached hydrogens (tertiary/aromatic N) is 6. The zero-order valence-electron chi connectivity index (χ0n) is 25.8. The average molecular weight is 613 g/mol. The maximum Gasteiger partial charge on any atom is 0.334 e. The van der Waals surface area contributed by atoms with E-state index in [-0.39, 0.29) is 23.1 Å². The number of ether oxygens (including phenoxy) is 1. The smallest absolute Gasteiger partial charge is 0.334 e. The molecule has 1 amide bonds. The number of aromatic nitrogens is 4. The third-order valence-electron chi connectivity index (χ3n) is 9.36. The molecule has 1 spiro atoms. The number of amides is 1. The van der Waals surface area contributed by atoms with E-state index < -0.39 is 5.82 Å². The zero-order valence-corrected chi connectivity index (χ0v) is 25.8. The van der Waals surface area contributed by atoms with Crippen LogP contribution in [-0.4, -0.2) is 68.2 Å². The van der Waals surface area contributed by atoms with Crippen LogP contribution in [-0.2, 0) is 17.8 Å². The average Bonchev–Trinajstić information content (AvgIpc) is 3.57. The molecule has 0 atom stereocenters. The summed E-state index contributed by atoms with van der Waals surface area (Å²) in [5, 5.41) is 6.17. The van der Waals surface area contributed by atoms with Crippen molar-refractivity contribution in [3.05, 3.63) is 71.0 Å². The Bertz CT molecular complexity index is 1890. The van der Waals surface area contributed by atoms with Crippen LogP contribution >= 0.6 is 0 Å². The molecule has 0 aliphatic carbocycles. The molecule has 2 fully saturated rings. The predicted octanol–water partition coefficient (Wildman–Crippen LogP) is 4.61. The SMILES string of the molecule is C=CC(=O)Nc1cc(Nc2nccc(-n3c(=O)n4c5c(cc(F)cc53)CCC4)n2)c(OC)cc1N1CC2(CCCN2C(C)C)C1. The fourth-order valence-electron chi connectivity index (χ4n) is 7.46. The molecule has 5 heterocycles. The summed E-state index contributed by atoms with van der Waals surface area (Å²) >= 11 is 0. The van der Waals surface area contributed by atoms with Gasteiger partial charge in [0.05, 0.1) is 40.7 Å². The number of methoxy groups -OCH3 is 1. The van der Waals surface area contributed by atoms with Crippen molar-refractivity contribution in [2.45, 2.75) is 57.7 Å². The molecule has 3 aliphatic rings. The summed E-state index contributed by atoms with van der Waals surface area (Å²) < 4.78 is 23.5. The van der Waals surface area contributed by atoms with Crippen molar-refractivity contribution in [1.82, 2.24) is 24.0 Å². The van der Waals surface area contributed by atoms with E-state index in [9.17, 15) is 14.0 Å². The molecule has 0 unspecified atom stereocenters. The first kappa shape index (κ1) is 29.0. The lowest BCUT2D eigenvalue weighted by atomic mass is 9.85. The summed E-state index contributed by atoms with van der Waals surface area (Å²) in [6.45, 7) is 11.5. The minimum absolute atomic E-state index is 0.136. The molecule has 0 saturated carbocycles. The summed E-state index contributed by atoms with van der Waals surface area (Å²) in [6.07, 6.45) is 6.59. The van der Waals surface area contributed by atoms with Crippen molar-refractivity contribution < 1.29 is 13.9 Å². The molecule has 2 aromatic carbocycles. The van der Waals surface area contributed by atoms with Gasteiger partial charge in [-0.25, -0.2) is 18.7 Å². The minimum Gasteiger partial charge on any atom is -0.494 e. The van der Waals surface area contributed by atoms with Crippen LogP contribution in [0.3, 0.4) is 0 Å². The molecule has 2 saturated heterocycles. The number of imidazole rings is 1. The summed E-state index contributed by atoms with van der Waals surface area (Å²) in [4.78, 5) is 39.9. The Kier molecular flexibility index (Phi) is 7.11. The Morgan fingerprint density at radius 3 is 2.73 bits per heavy atom. The Morgan fingerprint density at radius 1 is 1.16 bits per heavy atom. The number of aryl methyl sites for hydroxylation is 2. The number of hydrogen-bond acceptors (Lipinski definition) is 8. The Hall–Kier alpha value is -4.71. The van der Waals surface area contributed by atoms with Crippen molar-refractivity contribution in [1.29, 1.82) is 0 Å². The molecular formula is C33H37FN8O3. The van der Waals surface area contributed by atoms with Crippen LogP contribution in [0.5, 0.6) is 5.75 Å². The highest BCUT2D eigenvalue weighted by atomic mass is 19.1.